The number of fused-ring (bicyclic) bond motifs is 2. The number of rotatable bonds is 2. The summed E-state index contributed by atoms with van der Waals surface area (Å²) in [6, 6.07) is 7.42. The maximum Gasteiger partial charge on any atom is 0.354 e. The fraction of sp³-hybridized carbons (Fsp3) is 0.375. The van der Waals surface area contributed by atoms with Gasteiger partial charge in [-0.15, -0.1) is 0 Å². The first-order chi connectivity index (χ1) is 10.2. The van der Waals surface area contributed by atoms with Gasteiger partial charge in [-0.2, -0.15) is 5.26 Å². The third-order valence-corrected chi connectivity index (χ3v) is 4.03. The van der Waals surface area contributed by atoms with Gasteiger partial charge in [-0.25, -0.2) is 4.79 Å². The quantitative estimate of drug-likeness (QED) is 0.792. The van der Waals surface area contributed by atoms with Crippen molar-refractivity contribution in [2.24, 2.45) is 0 Å². The van der Waals surface area contributed by atoms with Crippen LogP contribution in [0.25, 0.3) is 11.0 Å². The van der Waals surface area contributed by atoms with Crippen molar-refractivity contribution in [3.8, 4) is 6.07 Å². The lowest BCUT2D eigenvalue weighted by atomic mass is 10.1. The maximum absolute atomic E-state index is 11.7. The molecule has 0 radical (unpaired) electrons. The molecule has 0 amide bonds. The smallest absolute Gasteiger partial charge is 0.354 e. The van der Waals surface area contributed by atoms with Crippen molar-refractivity contribution in [3.63, 3.8) is 0 Å². The maximum atomic E-state index is 11.7. The Kier molecular flexibility index (Phi) is 3.30. The molecule has 0 N–H and O–H groups in total. The Balaban J connectivity index is 2.27. The summed E-state index contributed by atoms with van der Waals surface area (Å²) in [6.45, 7) is 8.02. The average Bonchev–Trinajstić information content (AvgIpc) is 2.51. The molecule has 0 bridgehead atoms. The number of hydrogen-bond acceptors (Lipinski definition) is 5. The Bertz CT molecular complexity index is 788. The minimum Gasteiger partial charge on any atom is -0.422 e. The summed E-state index contributed by atoms with van der Waals surface area (Å²) >= 11 is 0. The molecule has 0 spiro atoms. The third kappa shape index (κ3) is 2.13. The molecule has 0 unspecified atom stereocenters. The van der Waals surface area contributed by atoms with Gasteiger partial charge in [0.2, 0.25) is 0 Å². The molecule has 2 heterocycles. The van der Waals surface area contributed by atoms with Crippen LogP contribution in [0, 0.1) is 11.3 Å². The van der Waals surface area contributed by atoms with Gasteiger partial charge in [0, 0.05) is 37.6 Å². The summed E-state index contributed by atoms with van der Waals surface area (Å²) in [4.78, 5) is 16.3. The highest BCUT2D eigenvalue weighted by molar-refractivity contribution is 5.90. The Morgan fingerprint density at radius 3 is 2.33 bits per heavy atom. The average molecular weight is 283 g/mol. The molecule has 1 aromatic carbocycles. The van der Waals surface area contributed by atoms with Crippen molar-refractivity contribution in [3.05, 3.63) is 34.2 Å². The lowest BCUT2D eigenvalue weighted by Gasteiger charge is -2.38. The van der Waals surface area contributed by atoms with Gasteiger partial charge in [-0.05, 0) is 26.0 Å². The molecule has 1 aliphatic heterocycles. The molecule has 0 saturated heterocycles. The number of nitrogens with zero attached hydrogens (tertiary/aromatic N) is 3. The van der Waals surface area contributed by atoms with Gasteiger partial charge in [-0.3, -0.25) is 0 Å². The molecule has 5 heteroatoms. The standard InChI is InChI=1S/C16H17N3O2/c1-3-18-5-6-19(4-2)14-9-15-11(8-13(14)18)7-12(10-17)16(20)21-15/h7-9H,3-6H2,1-2H3. The van der Waals surface area contributed by atoms with Crippen molar-refractivity contribution in [1.82, 2.24) is 0 Å². The first kappa shape index (κ1) is 13.5. The number of hydrogen-bond donors (Lipinski definition) is 0. The molecule has 1 aliphatic rings. The second-order valence-corrected chi connectivity index (χ2v) is 5.10. The van der Waals surface area contributed by atoms with E-state index in [2.05, 4.69) is 23.6 Å². The fourth-order valence-corrected chi connectivity index (χ4v) is 2.87. The first-order valence-corrected chi connectivity index (χ1v) is 7.19. The molecule has 0 aliphatic carbocycles. The number of anilines is 2. The number of likely N-dealkylation sites (N-methyl/N-ethyl adjacent to an activating group) is 2. The molecule has 0 saturated carbocycles. The third-order valence-electron chi connectivity index (χ3n) is 4.03. The first-order valence-electron chi connectivity index (χ1n) is 7.19. The van der Waals surface area contributed by atoms with Crippen LogP contribution < -0.4 is 15.4 Å². The minimum atomic E-state index is -0.573. The van der Waals surface area contributed by atoms with Gasteiger partial charge in [0.15, 0.2) is 0 Å². The van der Waals surface area contributed by atoms with E-state index >= 15 is 0 Å². The minimum absolute atomic E-state index is 0.0497. The molecule has 3 rings (SSSR count). The molecule has 21 heavy (non-hydrogen) atoms. The molecule has 108 valence electrons. The second kappa shape index (κ2) is 5.13. The zero-order valence-corrected chi connectivity index (χ0v) is 12.2. The molecule has 0 fully saturated rings. The highest BCUT2D eigenvalue weighted by Crippen LogP contribution is 2.36. The molecule has 0 atom stereocenters. The topological polar surface area (TPSA) is 60.5 Å². The molecule has 1 aromatic heterocycles. The Hall–Kier alpha value is -2.48. The highest BCUT2D eigenvalue weighted by Gasteiger charge is 2.22. The van der Waals surface area contributed by atoms with E-state index in [9.17, 15) is 4.79 Å². The van der Waals surface area contributed by atoms with Crippen LogP contribution in [0.15, 0.2) is 27.4 Å². The fourth-order valence-electron chi connectivity index (χ4n) is 2.87. The van der Waals surface area contributed by atoms with E-state index < -0.39 is 5.63 Å². The Labute approximate surface area is 123 Å². The van der Waals surface area contributed by atoms with E-state index in [4.69, 9.17) is 9.68 Å². The molecular formula is C16H17N3O2. The van der Waals surface area contributed by atoms with Crippen LogP contribution in [0.3, 0.4) is 0 Å². The zero-order chi connectivity index (χ0) is 15.0. The monoisotopic (exact) mass is 283 g/mol. The van der Waals surface area contributed by atoms with Crippen molar-refractivity contribution in [2.75, 3.05) is 36.0 Å². The van der Waals surface area contributed by atoms with Crippen LogP contribution >= 0.6 is 0 Å². The van der Waals surface area contributed by atoms with E-state index in [1.807, 2.05) is 18.2 Å². The largest absolute Gasteiger partial charge is 0.422 e. The molecular weight excluding hydrogens is 266 g/mol. The lowest BCUT2D eigenvalue weighted by Crippen LogP contribution is -2.40. The lowest BCUT2D eigenvalue weighted by molar-refractivity contribution is 0.558. The molecule has 5 nitrogen and oxygen atoms in total. The summed E-state index contributed by atoms with van der Waals surface area (Å²) in [5.41, 5.74) is 2.24. The van der Waals surface area contributed by atoms with Gasteiger partial charge < -0.3 is 14.2 Å². The number of benzene rings is 1. The van der Waals surface area contributed by atoms with Crippen LogP contribution in [-0.4, -0.2) is 26.2 Å². The van der Waals surface area contributed by atoms with E-state index in [1.54, 1.807) is 6.07 Å². The Morgan fingerprint density at radius 2 is 1.76 bits per heavy atom. The highest BCUT2D eigenvalue weighted by atomic mass is 16.4. The SMILES string of the molecule is CCN1CCN(CC)c2cc3oc(=O)c(C#N)cc3cc21. The van der Waals surface area contributed by atoms with Crippen LogP contribution in [0.4, 0.5) is 11.4 Å². The van der Waals surface area contributed by atoms with Crippen molar-refractivity contribution < 1.29 is 4.42 Å². The van der Waals surface area contributed by atoms with Gasteiger partial charge in [0.1, 0.15) is 17.2 Å². The van der Waals surface area contributed by atoms with Gasteiger partial charge in [-0.1, -0.05) is 0 Å². The predicted octanol–water partition coefficient (Wildman–Crippen LogP) is 2.33. The van der Waals surface area contributed by atoms with Crippen molar-refractivity contribution >= 4 is 22.3 Å². The van der Waals surface area contributed by atoms with E-state index in [0.717, 1.165) is 42.9 Å². The number of nitriles is 1. The van der Waals surface area contributed by atoms with Crippen LogP contribution in [0.2, 0.25) is 0 Å². The summed E-state index contributed by atoms with van der Waals surface area (Å²) < 4.78 is 5.29. The summed E-state index contributed by atoms with van der Waals surface area (Å²) in [6.07, 6.45) is 0. The summed E-state index contributed by atoms with van der Waals surface area (Å²) in [7, 11) is 0. The summed E-state index contributed by atoms with van der Waals surface area (Å²) in [5.74, 6) is 0. The van der Waals surface area contributed by atoms with E-state index in [0.29, 0.717) is 5.58 Å². The van der Waals surface area contributed by atoms with E-state index in [1.165, 1.54) is 0 Å². The van der Waals surface area contributed by atoms with Gasteiger partial charge in [0.25, 0.3) is 0 Å². The molecule has 2 aromatic rings. The summed E-state index contributed by atoms with van der Waals surface area (Å²) in [5, 5.41) is 9.76. The van der Waals surface area contributed by atoms with Crippen LogP contribution in [0.1, 0.15) is 19.4 Å². The zero-order valence-electron chi connectivity index (χ0n) is 12.2. The van der Waals surface area contributed by atoms with Crippen molar-refractivity contribution in [2.45, 2.75) is 13.8 Å². The van der Waals surface area contributed by atoms with Crippen LogP contribution in [-0.2, 0) is 0 Å². The van der Waals surface area contributed by atoms with Gasteiger partial charge >= 0.3 is 5.63 Å². The van der Waals surface area contributed by atoms with E-state index in [-0.39, 0.29) is 5.56 Å². The van der Waals surface area contributed by atoms with Crippen molar-refractivity contribution in [1.29, 1.82) is 5.26 Å². The van der Waals surface area contributed by atoms with Gasteiger partial charge in [0.05, 0.1) is 11.4 Å². The second-order valence-electron chi connectivity index (χ2n) is 5.10. The predicted molar refractivity (Wildman–Crippen MR) is 83.0 cm³/mol. The normalized spacial score (nSPS) is 14.1. The van der Waals surface area contributed by atoms with Crippen LogP contribution in [0.5, 0.6) is 0 Å². The Morgan fingerprint density at radius 1 is 1.14 bits per heavy atom.